The first-order valence-corrected chi connectivity index (χ1v) is 10.0. The fraction of sp³-hybridized carbons (Fsp3) is 1.00. The van der Waals surface area contributed by atoms with Gasteiger partial charge in [-0.05, 0) is 68.2 Å². The van der Waals surface area contributed by atoms with Gasteiger partial charge in [-0.3, -0.25) is 0 Å². The molecule has 6 atom stereocenters. The Balaban J connectivity index is 1.63. The van der Waals surface area contributed by atoms with Gasteiger partial charge in [-0.1, -0.05) is 52.4 Å². The van der Waals surface area contributed by atoms with Crippen molar-refractivity contribution in [2.75, 3.05) is 6.54 Å². The van der Waals surface area contributed by atoms with Crippen LogP contribution in [0.4, 0.5) is 0 Å². The van der Waals surface area contributed by atoms with Crippen LogP contribution in [-0.4, -0.2) is 12.6 Å². The van der Waals surface area contributed by atoms with E-state index in [1.54, 1.807) is 25.7 Å². The van der Waals surface area contributed by atoms with Crippen LogP contribution in [0.3, 0.4) is 0 Å². The van der Waals surface area contributed by atoms with E-state index in [4.69, 9.17) is 0 Å². The van der Waals surface area contributed by atoms with Crippen molar-refractivity contribution >= 4 is 0 Å². The van der Waals surface area contributed by atoms with Gasteiger partial charge in [-0.15, -0.1) is 0 Å². The highest BCUT2D eigenvalue weighted by Crippen LogP contribution is 2.45. The predicted octanol–water partition coefficient (Wildman–Crippen LogP) is 5.40. The molecule has 0 radical (unpaired) electrons. The molecule has 0 amide bonds. The van der Waals surface area contributed by atoms with Crippen LogP contribution in [0.2, 0.25) is 0 Å². The monoisotopic (exact) mass is 291 g/mol. The fourth-order valence-electron chi connectivity index (χ4n) is 6.00. The van der Waals surface area contributed by atoms with E-state index >= 15 is 0 Å². The zero-order valence-electron chi connectivity index (χ0n) is 14.4. The molecule has 3 saturated carbocycles. The van der Waals surface area contributed by atoms with Gasteiger partial charge in [0.15, 0.2) is 0 Å². The molecule has 0 aromatic rings. The summed E-state index contributed by atoms with van der Waals surface area (Å²) < 4.78 is 0. The highest BCUT2D eigenvalue weighted by atomic mass is 14.9. The minimum absolute atomic E-state index is 0.834. The van der Waals surface area contributed by atoms with Gasteiger partial charge in [0.1, 0.15) is 0 Å². The van der Waals surface area contributed by atoms with Gasteiger partial charge in [0, 0.05) is 6.04 Å². The molecule has 3 rings (SSSR count). The lowest BCUT2D eigenvalue weighted by Gasteiger charge is -2.45. The Labute approximate surface area is 132 Å². The maximum atomic E-state index is 3.94. The summed E-state index contributed by atoms with van der Waals surface area (Å²) >= 11 is 0. The van der Waals surface area contributed by atoms with Crippen LogP contribution in [-0.2, 0) is 0 Å². The van der Waals surface area contributed by atoms with Crippen LogP contribution in [0.25, 0.3) is 0 Å². The lowest BCUT2D eigenvalue weighted by molar-refractivity contribution is 0.0798. The average Bonchev–Trinajstić information content (AvgIpc) is 2.52. The molecule has 0 heterocycles. The van der Waals surface area contributed by atoms with Crippen LogP contribution in [0.15, 0.2) is 0 Å². The molecule has 0 aromatic heterocycles. The molecule has 0 saturated heterocycles. The molecule has 0 aliphatic heterocycles. The van der Waals surface area contributed by atoms with Crippen LogP contribution in [0.1, 0.15) is 84.5 Å². The number of hydrogen-bond donors (Lipinski definition) is 1. The first-order chi connectivity index (χ1) is 10.3. The molecule has 21 heavy (non-hydrogen) atoms. The zero-order chi connectivity index (χ0) is 14.7. The lowest BCUT2D eigenvalue weighted by atomic mass is 9.63. The Hall–Kier alpha value is -0.0400. The molecule has 1 heteroatoms. The molecule has 3 fully saturated rings. The van der Waals surface area contributed by atoms with Crippen molar-refractivity contribution in [3.63, 3.8) is 0 Å². The summed E-state index contributed by atoms with van der Waals surface area (Å²) in [6, 6.07) is 0.834. The van der Waals surface area contributed by atoms with Crippen molar-refractivity contribution in [1.29, 1.82) is 0 Å². The van der Waals surface area contributed by atoms with E-state index in [0.29, 0.717) is 0 Å². The summed E-state index contributed by atoms with van der Waals surface area (Å²) in [5.74, 6) is 5.11. The first kappa shape index (κ1) is 15.8. The second kappa shape index (κ2) is 7.49. The molecule has 122 valence electrons. The van der Waals surface area contributed by atoms with E-state index in [1.165, 1.54) is 51.5 Å². The average molecular weight is 292 g/mol. The molecule has 0 bridgehead atoms. The second-order valence-electron chi connectivity index (χ2n) is 8.49. The standard InChI is InChI=1S/C20H37N/c1-3-21-20(18-10-6-7-15(2)13-18)19-12-11-16-8-4-5-9-17(16)14-19/h15-21H,3-14H2,1-2H3. The molecule has 1 nitrogen and oxygen atoms in total. The fourth-order valence-corrected chi connectivity index (χ4v) is 6.00. The largest absolute Gasteiger partial charge is 0.314 e. The van der Waals surface area contributed by atoms with Crippen molar-refractivity contribution in [3.8, 4) is 0 Å². The van der Waals surface area contributed by atoms with Crippen molar-refractivity contribution < 1.29 is 0 Å². The molecule has 6 unspecified atom stereocenters. The van der Waals surface area contributed by atoms with Gasteiger partial charge in [0.25, 0.3) is 0 Å². The van der Waals surface area contributed by atoms with Crippen LogP contribution in [0.5, 0.6) is 0 Å². The third kappa shape index (κ3) is 3.84. The topological polar surface area (TPSA) is 12.0 Å². The van der Waals surface area contributed by atoms with Gasteiger partial charge >= 0.3 is 0 Å². The zero-order valence-corrected chi connectivity index (χ0v) is 14.4. The molecule has 0 aromatic carbocycles. The van der Waals surface area contributed by atoms with E-state index in [-0.39, 0.29) is 0 Å². The number of hydrogen-bond acceptors (Lipinski definition) is 1. The molecular formula is C20H37N. The molecule has 0 spiro atoms. The third-order valence-electron chi connectivity index (χ3n) is 7.01. The maximum Gasteiger partial charge on any atom is 0.0124 e. The SMILES string of the molecule is CCNC(C1CCCC(C)C1)C1CCC2CCCCC2C1. The molecule has 3 aliphatic carbocycles. The van der Waals surface area contributed by atoms with E-state index in [9.17, 15) is 0 Å². The third-order valence-corrected chi connectivity index (χ3v) is 7.01. The Morgan fingerprint density at radius 3 is 2.33 bits per heavy atom. The van der Waals surface area contributed by atoms with Crippen molar-refractivity contribution in [2.24, 2.45) is 29.6 Å². The van der Waals surface area contributed by atoms with Gasteiger partial charge in [-0.2, -0.15) is 0 Å². The van der Waals surface area contributed by atoms with Gasteiger partial charge < -0.3 is 5.32 Å². The highest BCUT2D eigenvalue weighted by Gasteiger charge is 2.38. The Kier molecular flexibility index (Phi) is 5.65. The smallest absolute Gasteiger partial charge is 0.0124 e. The normalized spacial score (nSPS) is 42.3. The van der Waals surface area contributed by atoms with Crippen molar-refractivity contribution in [1.82, 2.24) is 5.32 Å². The summed E-state index contributed by atoms with van der Waals surface area (Å²) in [5.41, 5.74) is 0. The van der Waals surface area contributed by atoms with Gasteiger partial charge in [-0.25, -0.2) is 0 Å². The minimum atomic E-state index is 0.834. The van der Waals surface area contributed by atoms with E-state index in [2.05, 4.69) is 19.2 Å². The summed E-state index contributed by atoms with van der Waals surface area (Å²) in [5, 5.41) is 3.94. The Bertz CT molecular complexity index is 313. The maximum absolute atomic E-state index is 3.94. The van der Waals surface area contributed by atoms with E-state index in [0.717, 1.165) is 35.6 Å². The molecule has 1 N–H and O–H groups in total. The number of nitrogens with one attached hydrogen (secondary N) is 1. The predicted molar refractivity (Wildman–Crippen MR) is 91.4 cm³/mol. The molecule has 3 aliphatic rings. The summed E-state index contributed by atoms with van der Waals surface area (Å²) in [6.45, 7) is 5.96. The summed E-state index contributed by atoms with van der Waals surface area (Å²) in [7, 11) is 0. The van der Waals surface area contributed by atoms with E-state index in [1.807, 2.05) is 0 Å². The lowest BCUT2D eigenvalue weighted by Crippen LogP contribution is -2.46. The van der Waals surface area contributed by atoms with Crippen LogP contribution >= 0.6 is 0 Å². The second-order valence-corrected chi connectivity index (χ2v) is 8.49. The Morgan fingerprint density at radius 1 is 0.810 bits per heavy atom. The van der Waals surface area contributed by atoms with Crippen molar-refractivity contribution in [2.45, 2.75) is 90.5 Å². The van der Waals surface area contributed by atoms with Crippen LogP contribution in [0, 0.1) is 29.6 Å². The molecular weight excluding hydrogens is 254 g/mol. The number of fused-ring (bicyclic) bond motifs is 1. The van der Waals surface area contributed by atoms with Crippen LogP contribution < -0.4 is 5.32 Å². The van der Waals surface area contributed by atoms with Crippen molar-refractivity contribution in [3.05, 3.63) is 0 Å². The minimum Gasteiger partial charge on any atom is -0.314 e. The summed E-state index contributed by atoms with van der Waals surface area (Å²) in [6.07, 6.45) is 16.7. The van der Waals surface area contributed by atoms with E-state index < -0.39 is 0 Å². The first-order valence-electron chi connectivity index (χ1n) is 10.0. The highest BCUT2D eigenvalue weighted by molar-refractivity contribution is 4.92. The Morgan fingerprint density at radius 2 is 1.57 bits per heavy atom. The summed E-state index contributed by atoms with van der Waals surface area (Å²) in [4.78, 5) is 0. The quantitative estimate of drug-likeness (QED) is 0.731. The van der Waals surface area contributed by atoms with Gasteiger partial charge in [0.05, 0.1) is 0 Å². The van der Waals surface area contributed by atoms with Gasteiger partial charge in [0.2, 0.25) is 0 Å². The number of rotatable bonds is 4.